The Bertz CT molecular complexity index is 1030. The Labute approximate surface area is 278 Å². The van der Waals surface area contributed by atoms with Gasteiger partial charge in [-0.2, -0.15) is 0 Å². The molecule has 2 aliphatic heterocycles. The van der Waals surface area contributed by atoms with E-state index >= 15 is 0 Å². The lowest BCUT2D eigenvalue weighted by atomic mass is 9.94. The van der Waals surface area contributed by atoms with E-state index in [9.17, 15) is 19.8 Å². The average molecular weight is 671 g/mol. The maximum atomic E-state index is 13.2. The number of esters is 2. The van der Waals surface area contributed by atoms with Gasteiger partial charge >= 0.3 is 11.9 Å². The molecule has 47 heavy (non-hydrogen) atoms. The molecule has 0 spiro atoms. The Hall–Kier alpha value is -2.46. The number of ether oxygens (including phenoxy) is 9. The van der Waals surface area contributed by atoms with Gasteiger partial charge in [0.25, 0.3) is 0 Å². The van der Waals surface area contributed by atoms with Crippen molar-refractivity contribution < 1.29 is 62.4 Å². The fourth-order valence-corrected chi connectivity index (χ4v) is 4.61. The summed E-state index contributed by atoms with van der Waals surface area (Å²) in [5, 5.41) is 22.4. The van der Waals surface area contributed by atoms with Crippen molar-refractivity contribution in [1.29, 1.82) is 0 Å². The van der Waals surface area contributed by atoms with E-state index in [0.717, 1.165) is 0 Å². The van der Waals surface area contributed by atoms with E-state index < -0.39 is 84.2 Å². The van der Waals surface area contributed by atoms with E-state index in [1.807, 2.05) is 0 Å². The summed E-state index contributed by atoms with van der Waals surface area (Å²) in [6.45, 7) is 24.8. The number of hydrogen-bond donors (Lipinski definition) is 2. The molecule has 0 radical (unpaired) electrons. The summed E-state index contributed by atoms with van der Waals surface area (Å²) < 4.78 is 53.7. The van der Waals surface area contributed by atoms with Crippen molar-refractivity contribution in [3.63, 3.8) is 0 Å². The third kappa shape index (κ3) is 11.9. The summed E-state index contributed by atoms with van der Waals surface area (Å²) in [6.07, 6.45) is -6.45. The van der Waals surface area contributed by atoms with Gasteiger partial charge in [-0.15, -0.1) is 26.3 Å². The average Bonchev–Trinajstić information content (AvgIpc) is 2.99. The maximum absolute atomic E-state index is 13.2. The number of hydrogen-bond acceptors (Lipinski definition) is 13. The van der Waals surface area contributed by atoms with Crippen LogP contribution in [0.25, 0.3) is 0 Å². The van der Waals surface area contributed by atoms with Crippen LogP contribution in [0.5, 0.6) is 0 Å². The van der Waals surface area contributed by atoms with Crippen molar-refractivity contribution in [1.82, 2.24) is 0 Å². The van der Waals surface area contributed by atoms with Crippen molar-refractivity contribution in [2.24, 2.45) is 10.8 Å². The van der Waals surface area contributed by atoms with Gasteiger partial charge < -0.3 is 52.8 Å². The molecule has 0 amide bonds. The van der Waals surface area contributed by atoms with Crippen LogP contribution < -0.4 is 0 Å². The monoisotopic (exact) mass is 670 g/mol. The maximum Gasteiger partial charge on any atom is 0.311 e. The van der Waals surface area contributed by atoms with Gasteiger partial charge in [0.1, 0.15) is 36.6 Å². The molecule has 0 unspecified atom stereocenters. The molecule has 0 saturated carbocycles. The zero-order valence-electron chi connectivity index (χ0n) is 28.5. The molecule has 268 valence electrons. The smallest absolute Gasteiger partial charge is 0.311 e. The van der Waals surface area contributed by atoms with Crippen molar-refractivity contribution >= 4 is 11.9 Å². The minimum Gasteiger partial charge on any atom is -0.454 e. The van der Waals surface area contributed by atoms with Crippen LogP contribution in [0.3, 0.4) is 0 Å². The second-order valence-electron chi connectivity index (χ2n) is 13.3. The second kappa shape index (κ2) is 18.9. The predicted molar refractivity (Wildman–Crippen MR) is 171 cm³/mol. The van der Waals surface area contributed by atoms with Gasteiger partial charge in [-0.3, -0.25) is 9.59 Å². The van der Waals surface area contributed by atoms with Crippen LogP contribution in [-0.4, -0.2) is 123 Å². The van der Waals surface area contributed by atoms with Crippen LogP contribution in [-0.2, 0) is 52.2 Å². The molecule has 0 aliphatic carbocycles. The Morgan fingerprint density at radius 2 is 1.11 bits per heavy atom. The summed E-state index contributed by atoms with van der Waals surface area (Å²) >= 11 is 0. The lowest BCUT2D eigenvalue weighted by molar-refractivity contribution is -0.362. The first-order valence-corrected chi connectivity index (χ1v) is 15.7. The van der Waals surface area contributed by atoms with Crippen molar-refractivity contribution in [3.8, 4) is 0 Å². The molecule has 0 bridgehead atoms. The van der Waals surface area contributed by atoms with E-state index in [-0.39, 0.29) is 39.6 Å². The minimum atomic E-state index is -1.62. The van der Waals surface area contributed by atoms with Crippen molar-refractivity contribution in [2.75, 3.05) is 39.6 Å². The molecule has 0 aromatic heterocycles. The van der Waals surface area contributed by atoms with E-state index in [0.29, 0.717) is 0 Å². The fourth-order valence-electron chi connectivity index (χ4n) is 4.61. The number of aliphatic hydroxyl groups excluding tert-OH is 2. The largest absolute Gasteiger partial charge is 0.454 e. The molecule has 0 aromatic rings. The second-order valence-corrected chi connectivity index (χ2v) is 13.3. The number of carbonyl (C=O) groups excluding carboxylic acids is 2. The summed E-state index contributed by atoms with van der Waals surface area (Å²) in [5.74, 6) is -1.23. The van der Waals surface area contributed by atoms with Crippen LogP contribution in [0.2, 0.25) is 0 Å². The van der Waals surface area contributed by atoms with E-state index in [4.69, 9.17) is 42.6 Å². The van der Waals surface area contributed by atoms with Crippen molar-refractivity contribution in [3.05, 3.63) is 50.6 Å². The Morgan fingerprint density at radius 3 is 1.60 bits per heavy atom. The Kier molecular flexibility index (Phi) is 16.4. The summed E-state index contributed by atoms with van der Waals surface area (Å²) in [6, 6.07) is 0. The summed E-state index contributed by atoms with van der Waals surface area (Å²) in [7, 11) is 0. The van der Waals surface area contributed by atoms with Crippen LogP contribution in [0.15, 0.2) is 50.6 Å². The number of aliphatic hydroxyl groups is 2. The van der Waals surface area contributed by atoms with Crippen molar-refractivity contribution in [2.45, 2.75) is 103 Å². The third-order valence-electron chi connectivity index (χ3n) is 7.08. The molecule has 2 saturated heterocycles. The number of rotatable bonds is 18. The molecule has 10 atom stereocenters. The minimum absolute atomic E-state index is 0.00486. The van der Waals surface area contributed by atoms with Gasteiger partial charge in [0.2, 0.25) is 0 Å². The lowest BCUT2D eigenvalue weighted by Gasteiger charge is -2.48. The van der Waals surface area contributed by atoms with Gasteiger partial charge in [-0.05, 0) is 41.5 Å². The first-order chi connectivity index (χ1) is 22.1. The van der Waals surface area contributed by atoms with Gasteiger partial charge in [0.15, 0.2) is 24.8 Å². The first-order valence-electron chi connectivity index (χ1n) is 15.7. The van der Waals surface area contributed by atoms with Gasteiger partial charge in [-0.25, -0.2) is 0 Å². The van der Waals surface area contributed by atoms with Gasteiger partial charge in [0.05, 0.1) is 50.5 Å². The lowest BCUT2D eigenvalue weighted by Crippen LogP contribution is -2.66. The Balaban J connectivity index is 2.64. The molecule has 2 N–H and O–H groups in total. The highest BCUT2D eigenvalue weighted by molar-refractivity contribution is 5.76. The summed E-state index contributed by atoms with van der Waals surface area (Å²) in [5.41, 5.74) is -1.87. The summed E-state index contributed by atoms with van der Waals surface area (Å²) in [4.78, 5) is 26.2. The standard InChI is InChI=1S/C34H54O13/c1-11-15-39-19-21-23(35)25(41-17-13-3)28(47-32(38)34(8,9)10)30(44-21)45-24-22(20-40-16-12-2)43-29(36)27(26(24)42-18-14-4)46-31(37)33(5,6)7/h11-14,21-30,35-36H,1-4,15-20H2,5-10H3/t21-,22-,23+,24+,25+,26+,27-,28-,29-,30+/m1/s1. The molecule has 2 rings (SSSR count). The predicted octanol–water partition coefficient (Wildman–Crippen LogP) is 2.64. The molecule has 13 nitrogen and oxygen atoms in total. The van der Waals surface area contributed by atoms with E-state index in [2.05, 4.69) is 26.3 Å². The highest BCUT2D eigenvalue weighted by Crippen LogP contribution is 2.35. The molecule has 13 heteroatoms. The van der Waals surface area contributed by atoms with E-state index in [1.54, 1.807) is 47.6 Å². The third-order valence-corrected chi connectivity index (χ3v) is 7.08. The van der Waals surface area contributed by atoms with E-state index in [1.165, 1.54) is 18.2 Å². The molecular formula is C34H54O13. The molecule has 0 aromatic carbocycles. The quantitative estimate of drug-likeness (QED) is 0.125. The molecule has 2 fully saturated rings. The normalized spacial score (nSPS) is 31.4. The van der Waals surface area contributed by atoms with Crippen LogP contribution >= 0.6 is 0 Å². The first kappa shape index (κ1) is 40.7. The van der Waals surface area contributed by atoms with Crippen LogP contribution in [0.4, 0.5) is 0 Å². The van der Waals surface area contributed by atoms with Gasteiger partial charge in [-0.1, -0.05) is 24.3 Å². The fraction of sp³-hybridized carbons (Fsp3) is 0.706. The topological polar surface area (TPSA) is 158 Å². The molecule has 2 heterocycles. The number of carbonyl (C=O) groups is 2. The Morgan fingerprint density at radius 1 is 0.638 bits per heavy atom. The SMILES string of the molecule is C=CCOC[C@H]1O[C@@H](O[C@@H]2[C@H](OCC=C)[C@@H](OC(=O)C(C)(C)C)[C@H](O)O[C@@H]2COCC=C)[C@H](OC(=O)C(C)(C)C)[C@@H](OCC=C)[C@H]1O. The highest BCUT2D eigenvalue weighted by atomic mass is 16.8. The zero-order valence-corrected chi connectivity index (χ0v) is 28.5. The molecular weight excluding hydrogens is 616 g/mol. The van der Waals surface area contributed by atoms with Crippen LogP contribution in [0.1, 0.15) is 41.5 Å². The molecule has 2 aliphatic rings. The zero-order chi connectivity index (χ0) is 35.4. The van der Waals surface area contributed by atoms with Crippen LogP contribution in [0, 0.1) is 10.8 Å². The highest BCUT2D eigenvalue weighted by Gasteiger charge is 2.55. The van der Waals surface area contributed by atoms with Gasteiger partial charge in [0, 0.05) is 0 Å².